The first kappa shape index (κ1) is 21.6. The Morgan fingerprint density at radius 1 is 1.00 bits per heavy atom. The van der Waals surface area contributed by atoms with Gasteiger partial charge >= 0.3 is 0 Å². The van der Waals surface area contributed by atoms with Gasteiger partial charge in [0.15, 0.2) is 0 Å². The molecule has 0 bridgehead atoms. The van der Waals surface area contributed by atoms with Gasteiger partial charge in [-0.25, -0.2) is 0 Å². The lowest BCUT2D eigenvalue weighted by Crippen LogP contribution is -2.53. The van der Waals surface area contributed by atoms with E-state index in [1.54, 1.807) is 0 Å². The van der Waals surface area contributed by atoms with Crippen LogP contribution in [-0.4, -0.2) is 29.3 Å². The van der Waals surface area contributed by atoms with Gasteiger partial charge in [-0.1, -0.05) is 51.1 Å². The van der Waals surface area contributed by atoms with Gasteiger partial charge in [-0.3, -0.25) is 9.59 Å². The fourth-order valence-corrected chi connectivity index (χ4v) is 4.83. The highest BCUT2D eigenvalue weighted by atomic mass is 16.2. The number of anilines is 1. The van der Waals surface area contributed by atoms with E-state index in [0.29, 0.717) is 5.92 Å². The molecule has 1 aliphatic heterocycles. The molecule has 0 radical (unpaired) electrons. The Bertz CT molecular complexity index is 971. The monoisotopic (exact) mass is 418 g/mol. The van der Waals surface area contributed by atoms with Crippen LogP contribution in [0.4, 0.5) is 5.69 Å². The lowest BCUT2D eigenvalue weighted by molar-refractivity contribution is -0.123. The molecule has 4 rings (SSSR count). The highest BCUT2D eigenvalue weighted by Crippen LogP contribution is 2.43. The number of carbonyl (C=O) groups excluding carboxylic acids is 2. The van der Waals surface area contributed by atoms with Gasteiger partial charge < -0.3 is 10.2 Å². The van der Waals surface area contributed by atoms with E-state index in [1.165, 1.54) is 5.56 Å². The predicted octanol–water partition coefficient (Wildman–Crippen LogP) is 5.56. The largest absolute Gasteiger partial charge is 0.335 e. The third-order valence-corrected chi connectivity index (χ3v) is 6.76. The zero-order chi connectivity index (χ0) is 22.2. The van der Waals surface area contributed by atoms with Crippen LogP contribution in [0.1, 0.15) is 67.9 Å². The average molecular weight is 419 g/mol. The molecule has 4 heteroatoms. The molecule has 2 amide bonds. The zero-order valence-corrected chi connectivity index (χ0v) is 19.2. The van der Waals surface area contributed by atoms with Gasteiger partial charge in [0.1, 0.15) is 0 Å². The number of hydrogen-bond donors (Lipinski definition) is 1. The van der Waals surface area contributed by atoms with Crippen LogP contribution in [0, 0.1) is 18.8 Å². The molecule has 31 heavy (non-hydrogen) atoms. The topological polar surface area (TPSA) is 49.4 Å². The number of rotatable bonds is 4. The van der Waals surface area contributed by atoms with Gasteiger partial charge in [-0.15, -0.1) is 0 Å². The van der Waals surface area contributed by atoms with Gasteiger partial charge in [0.2, 0.25) is 5.91 Å². The summed E-state index contributed by atoms with van der Waals surface area (Å²) >= 11 is 0. The molecular formula is C27H34N2O2. The van der Waals surface area contributed by atoms with Crippen LogP contribution in [-0.2, 0) is 10.2 Å². The summed E-state index contributed by atoms with van der Waals surface area (Å²) in [6.07, 6.45) is 3.90. The van der Waals surface area contributed by atoms with Gasteiger partial charge in [0.05, 0.1) is 5.92 Å². The summed E-state index contributed by atoms with van der Waals surface area (Å²) in [5, 5.41) is 3.17. The van der Waals surface area contributed by atoms with E-state index < -0.39 is 0 Å². The minimum absolute atomic E-state index is 0.00773. The maximum absolute atomic E-state index is 13.4. The standard InChI is InChI=1S/C27H34N2O2/c1-18-9-5-6-12-22(18)26(31)29-16-8-13-23(24(29)19-14-15-19)25(30)28-21-11-7-10-20(17-21)27(2,3)4/h5-7,9-12,17,19,23-24H,8,13-16H2,1-4H3,(H,28,30)/t23-,24?/m0/s1. The van der Waals surface area contributed by atoms with Gasteiger partial charge in [0, 0.05) is 23.8 Å². The van der Waals surface area contributed by atoms with E-state index in [4.69, 9.17) is 0 Å². The molecule has 0 aromatic heterocycles. The number of likely N-dealkylation sites (tertiary alicyclic amines) is 1. The molecule has 1 saturated heterocycles. The van der Waals surface area contributed by atoms with E-state index in [-0.39, 0.29) is 29.2 Å². The second kappa shape index (κ2) is 8.49. The number of benzene rings is 2. The Hall–Kier alpha value is -2.62. The number of nitrogens with zero attached hydrogens (tertiary/aromatic N) is 1. The number of nitrogens with one attached hydrogen (secondary N) is 1. The number of piperidine rings is 1. The Morgan fingerprint density at radius 2 is 1.74 bits per heavy atom. The van der Waals surface area contributed by atoms with Crippen molar-refractivity contribution in [3.63, 3.8) is 0 Å². The van der Waals surface area contributed by atoms with Crippen molar-refractivity contribution in [3.05, 3.63) is 65.2 Å². The first-order valence-electron chi connectivity index (χ1n) is 11.5. The van der Waals surface area contributed by atoms with E-state index >= 15 is 0 Å². The first-order chi connectivity index (χ1) is 14.8. The van der Waals surface area contributed by atoms with Crippen LogP contribution in [0.15, 0.2) is 48.5 Å². The highest BCUT2D eigenvalue weighted by molar-refractivity contribution is 5.97. The quantitative estimate of drug-likeness (QED) is 0.706. The lowest BCUT2D eigenvalue weighted by atomic mass is 9.84. The van der Waals surface area contributed by atoms with E-state index in [1.807, 2.05) is 48.2 Å². The SMILES string of the molecule is Cc1ccccc1C(=O)N1CCC[C@H](C(=O)Nc2cccc(C(C)(C)C)c2)C1C1CC1. The second-order valence-corrected chi connectivity index (χ2v) is 10.2. The van der Waals surface area contributed by atoms with Crippen LogP contribution in [0.2, 0.25) is 0 Å². The number of carbonyl (C=O) groups is 2. The summed E-state index contributed by atoms with van der Waals surface area (Å²) in [4.78, 5) is 28.8. The molecule has 2 fully saturated rings. The van der Waals surface area contributed by atoms with Crippen molar-refractivity contribution in [2.45, 2.75) is 64.8 Å². The molecule has 1 N–H and O–H groups in total. The Morgan fingerprint density at radius 3 is 2.42 bits per heavy atom. The predicted molar refractivity (Wildman–Crippen MR) is 125 cm³/mol. The van der Waals surface area contributed by atoms with Crippen LogP contribution >= 0.6 is 0 Å². The number of amides is 2. The Kier molecular flexibility index (Phi) is 5.92. The maximum atomic E-state index is 13.4. The summed E-state index contributed by atoms with van der Waals surface area (Å²) in [6.45, 7) is 9.24. The van der Waals surface area contributed by atoms with Crippen molar-refractivity contribution in [2.24, 2.45) is 11.8 Å². The van der Waals surface area contributed by atoms with Crippen molar-refractivity contribution in [3.8, 4) is 0 Å². The lowest BCUT2D eigenvalue weighted by Gasteiger charge is -2.41. The molecule has 0 spiro atoms. The van der Waals surface area contributed by atoms with E-state index in [0.717, 1.165) is 49.0 Å². The average Bonchev–Trinajstić information content (AvgIpc) is 3.58. The molecule has 1 unspecified atom stereocenters. The molecule has 1 heterocycles. The molecule has 4 nitrogen and oxygen atoms in total. The van der Waals surface area contributed by atoms with Crippen molar-refractivity contribution < 1.29 is 9.59 Å². The minimum Gasteiger partial charge on any atom is -0.335 e. The van der Waals surface area contributed by atoms with Crippen LogP contribution in [0.5, 0.6) is 0 Å². The highest BCUT2D eigenvalue weighted by Gasteiger charge is 2.46. The molecule has 2 aromatic rings. The Balaban J connectivity index is 1.56. The van der Waals surface area contributed by atoms with Crippen LogP contribution < -0.4 is 5.32 Å². The third kappa shape index (κ3) is 4.68. The van der Waals surface area contributed by atoms with Gasteiger partial charge in [0.25, 0.3) is 5.91 Å². The van der Waals surface area contributed by atoms with Crippen molar-refractivity contribution >= 4 is 17.5 Å². The van der Waals surface area contributed by atoms with Crippen LogP contribution in [0.25, 0.3) is 0 Å². The van der Waals surface area contributed by atoms with Gasteiger partial charge in [-0.2, -0.15) is 0 Å². The first-order valence-corrected chi connectivity index (χ1v) is 11.5. The molecule has 1 saturated carbocycles. The number of aryl methyl sites for hydroxylation is 1. The van der Waals surface area contributed by atoms with Crippen molar-refractivity contribution in [2.75, 3.05) is 11.9 Å². The summed E-state index contributed by atoms with van der Waals surface area (Å²) in [7, 11) is 0. The fourth-order valence-electron chi connectivity index (χ4n) is 4.83. The number of hydrogen-bond acceptors (Lipinski definition) is 2. The molecule has 164 valence electrons. The smallest absolute Gasteiger partial charge is 0.254 e. The maximum Gasteiger partial charge on any atom is 0.254 e. The van der Waals surface area contributed by atoms with Gasteiger partial charge in [-0.05, 0) is 73.3 Å². The summed E-state index contributed by atoms with van der Waals surface area (Å²) in [5.74, 6) is 0.393. The van der Waals surface area contributed by atoms with Crippen molar-refractivity contribution in [1.82, 2.24) is 4.90 Å². The molecule has 2 aromatic carbocycles. The molecular weight excluding hydrogens is 384 g/mol. The molecule has 2 atom stereocenters. The van der Waals surface area contributed by atoms with E-state index in [2.05, 4.69) is 38.2 Å². The minimum atomic E-state index is -0.160. The summed E-state index contributed by atoms with van der Waals surface area (Å²) in [5.41, 5.74) is 3.82. The Labute approximate surface area is 186 Å². The fraction of sp³-hybridized carbons (Fsp3) is 0.481. The molecule has 1 aliphatic carbocycles. The zero-order valence-electron chi connectivity index (χ0n) is 19.2. The summed E-state index contributed by atoms with van der Waals surface area (Å²) < 4.78 is 0. The van der Waals surface area contributed by atoms with E-state index in [9.17, 15) is 9.59 Å². The van der Waals surface area contributed by atoms with Crippen molar-refractivity contribution in [1.29, 1.82) is 0 Å². The third-order valence-electron chi connectivity index (χ3n) is 6.76. The normalized spacial score (nSPS) is 21.6. The van der Waals surface area contributed by atoms with Crippen LogP contribution in [0.3, 0.4) is 0 Å². The summed E-state index contributed by atoms with van der Waals surface area (Å²) in [6, 6.07) is 15.9. The second-order valence-electron chi connectivity index (χ2n) is 10.2. The molecule has 2 aliphatic rings.